The standard InChI is InChI=1S/C25H16F2O7/c1-31-24(29)19-11-17(13-3-7-15(26)8-4-13)22(33-19)21(28)23-18(12-20(34-23)25(30)32-2)14-5-9-16(27)10-6-14/h3-12H,1-2H3. The van der Waals surface area contributed by atoms with Gasteiger partial charge in [-0.25, -0.2) is 18.4 Å². The Hall–Kier alpha value is -4.53. The zero-order valence-electron chi connectivity index (χ0n) is 17.9. The molecule has 0 saturated heterocycles. The Labute approximate surface area is 191 Å². The van der Waals surface area contributed by atoms with Gasteiger partial charge in [-0.15, -0.1) is 0 Å². The molecule has 2 aromatic carbocycles. The van der Waals surface area contributed by atoms with Crippen molar-refractivity contribution < 1.29 is 41.5 Å². The lowest BCUT2D eigenvalue weighted by atomic mass is 9.99. The maximum absolute atomic E-state index is 13.6. The largest absolute Gasteiger partial charge is 0.463 e. The van der Waals surface area contributed by atoms with Crippen molar-refractivity contribution in [3.63, 3.8) is 0 Å². The third-order valence-corrected chi connectivity index (χ3v) is 4.96. The van der Waals surface area contributed by atoms with Crippen molar-refractivity contribution in [1.82, 2.24) is 0 Å². The van der Waals surface area contributed by atoms with E-state index in [-0.39, 0.29) is 34.2 Å². The third-order valence-electron chi connectivity index (χ3n) is 4.96. The van der Waals surface area contributed by atoms with Crippen LogP contribution in [0.3, 0.4) is 0 Å². The SMILES string of the molecule is COC(=O)c1cc(-c2ccc(F)cc2)c(C(=O)c2oc(C(=O)OC)cc2-c2ccc(F)cc2)o1. The fourth-order valence-corrected chi connectivity index (χ4v) is 3.31. The molecule has 0 fully saturated rings. The first-order valence-electron chi connectivity index (χ1n) is 9.83. The summed E-state index contributed by atoms with van der Waals surface area (Å²) < 4.78 is 47.3. The number of ether oxygens (including phenoxy) is 2. The Kier molecular flexibility index (Phi) is 6.09. The van der Waals surface area contributed by atoms with Crippen LogP contribution in [-0.4, -0.2) is 31.9 Å². The second-order valence-electron chi connectivity index (χ2n) is 7.03. The van der Waals surface area contributed by atoms with E-state index in [4.69, 9.17) is 8.83 Å². The molecule has 34 heavy (non-hydrogen) atoms. The van der Waals surface area contributed by atoms with Crippen LogP contribution >= 0.6 is 0 Å². The number of methoxy groups -OCH3 is 2. The van der Waals surface area contributed by atoms with E-state index in [0.29, 0.717) is 11.1 Å². The maximum Gasteiger partial charge on any atom is 0.373 e. The summed E-state index contributed by atoms with van der Waals surface area (Å²) in [6.07, 6.45) is 0. The summed E-state index contributed by atoms with van der Waals surface area (Å²) in [5, 5.41) is 0. The monoisotopic (exact) mass is 466 g/mol. The van der Waals surface area contributed by atoms with Gasteiger partial charge in [0.2, 0.25) is 11.5 Å². The molecule has 0 aliphatic carbocycles. The van der Waals surface area contributed by atoms with Gasteiger partial charge in [0.05, 0.1) is 14.2 Å². The molecule has 0 saturated carbocycles. The molecule has 0 unspecified atom stereocenters. The summed E-state index contributed by atoms with van der Waals surface area (Å²) in [6, 6.07) is 12.9. The van der Waals surface area contributed by atoms with Crippen molar-refractivity contribution in [3.05, 3.63) is 95.3 Å². The minimum Gasteiger partial charge on any atom is -0.463 e. The Morgan fingerprint density at radius 3 is 1.32 bits per heavy atom. The van der Waals surface area contributed by atoms with E-state index < -0.39 is 29.4 Å². The third kappa shape index (κ3) is 4.23. The highest BCUT2D eigenvalue weighted by molar-refractivity contribution is 6.14. The molecular weight excluding hydrogens is 450 g/mol. The first-order chi connectivity index (χ1) is 16.3. The smallest absolute Gasteiger partial charge is 0.373 e. The van der Waals surface area contributed by atoms with Gasteiger partial charge in [-0.1, -0.05) is 24.3 Å². The number of rotatable bonds is 6. The number of benzene rings is 2. The van der Waals surface area contributed by atoms with E-state index in [1.807, 2.05) is 0 Å². The molecule has 172 valence electrons. The summed E-state index contributed by atoms with van der Waals surface area (Å²) >= 11 is 0. The number of hydrogen-bond donors (Lipinski definition) is 0. The van der Waals surface area contributed by atoms with E-state index in [0.717, 1.165) is 14.2 Å². The fraction of sp³-hybridized carbons (Fsp3) is 0.0800. The average Bonchev–Trinajstić information content (AvgIpc) is 3.49. The molecular formula is C25H16F2O7. The van der Waals surface area contributed by atoms with Gasteiger partial charge >= 0.3 is 11.9 Å². The van der Waals surface area contributed by atoms with Gasteiger partial charge in [0.1, 0.15) is 11.6 Å². The van der Waals surface area contributed by atoms with E-state index in [9.17, 15) is 23.2 Å². The Balaban J connectivity index is 1.89. The fourth-order valence-electron chi connectivity index (χ4n) is 3.31. The van der Waals surface area contributed by atoms with Gasteiger partial charge in [-0.2, -0.15) is 0 Å². The Morgan fingerprint density at radius 2 is 1.00 bits per heavy atom. The van der Waals surface area contributed by atoms with Gasteiger partial charge < -0.3 is 18.3 Å². The topological polar surface area (TPSA) is 96.0 Å². The number of carbonyl (C=O) groups is 3. The zero-order chi connectivity index (χ0) is 24.4. The van der Waals surface area contributed by atoms with Crippen molar-refractivity contribution in [1.29, 1.82) is 0 Å². The van der Waals surface area contributed by atoms with Crippen LogP contribution in [-0.2, 0) is 9.47 Å². The van der Waals surface area contributed by atoms with Crippen molar-refractivity contribution in [3.8, 4) is 22.3 Å². The minimum atomic E-state index is -0.837. The van der Waals surface area contributed by atoms with Crippen LogP contribution in [0.15, 0.2) is 69.5 Å². The van der Waals surface area contributed by atoms with E-state index in [1.54, 1.807) is 0 Å². The Morgan fingerprint density at radius 1 is 0.647 bits per heavy atom. The molecule has 4 rings (SSSR count). The summed E-state index contributed by atoms with van der Waals surface area (Å²) in [4.78, 5) is 37.7. The second kappa shape index (κ2) is 9.14. The normalized spacial score (nSPS) is 10.7. The lowest BCUT2D eigenvalue weighted by molar-refractivity contribution is 0.0558. The molecule has 2 heterocycles. The minimum absolute atomic E-state index is 0.173. The molecule has 0 bridgehead atoms. The number of halogens is 2. The second-order valence-corrected chi connectivity index (χ2v) is 7.03. The van der Waals surface area contributed by atoms with Gasteiger partial charge in [0, 0.05) is 23.3 Å². The Bertz CT molecular complexity index is 1270. The van der Waals surface area contributed by atoms with Crippen LogP contribution in [0.4, 0.5) is 8.78 Å². The van der Waals surface area contributed by atoms with E-state index in [1.165, 1.54) is 60.7 Å². The number of hydrogen-bond acceptors (Lipinski definition) is 7. The van der Waals surface area contributed by atoms with Gasteiger partial charge in [-0.3, -0.25) is 4.79 Å². The first-order valence-corrected chi connectivity index (χ1v) is 9.83. The van der Waals surface area contributed by atoms with Crippen molar-refractivity contribution in [2.45, 2.75) is 0 Å². The lowest BCUT2D eigenvalue weighted by Gasteiger charge is -2.04. The van der Waals surface area contributed by atoms with Crippen LogP contribution < -0.4 is 0 Å². The van der Waals surface area contributed by atoms with Crippen molar-refractivity contribution in [2.24, 2.45) is 0 Å². The lowest BCUT2D eigenvalue weighted by Crippen LogP contribution is -2.03. The highest BCUT2D eigenvalue weighted by atomic mass is 19.1. The van der Waals surface area contributed by atoms with Gasteiger partial charge in [0.25, 0.3) is 5.78 Å². The molecule has 0 radical (unpaired) electrons. The predicted octanol–water partition coefficient (Wildman–Crippen LogP) is 5.29. The van der Waals surface area contributed by atoms with E-state index >= 15 is 0 Å². The van der Waals surface area contributed by atoms with Crippen LogP contribution in [0.5, 0.6) is 0 Å². The summed E-state index contributed by atoms with van der Waals surface area (Å²) in [5.74, 6) is -4.64. The average molecular weight is 466 g/mol. The first kappa shape index (κ1) is 22.7. The summed E-state index contributed by atoms with van der Waals surface area (Å²) in [7, 11) is 2.29. The van der Waals surface area contributed by atoms with Crippen LogP contribution in [0.25, 0.3) is 22.3 Å². The predicted molar refractivity (Wildman–Crippen MR) is 114 cm³/mol. The van der Waals surface area contributed by atoms with Crippen molar-refractivity contribution in [2.75, 3.05) is 14.2 Å². The molecule has 2 aromatic heterocycles. The molecule has 4 aromatic rings. The van der Waals surface area contributed by atoms with Crippen molar-refractivity contribution >= 4 is 17.7 Å². The zero-order valence-corrected chi connectivity index (χ0v) is 17.9. The molecule has 0 spiro atoms. The number of carbonyl (C=O) groups excluding carboxylic acids is 3. The molecule has 0 aliphatic heterocycles. The molecule has 0 N–H and O–H groups in total. The quantitative estimate of drug-likeness (QED) is 0.281. The van der Waals surface area contributed by atoms with Gasteiger partial charge in [0.15, 0.2) is 11.5 Å². The number of ketones is 1. The number of furan rings is 2. The van der Waals surface area contributed by atoms with E-state index in [2.05, 4.69) is 9.47 Å². The molecule has 9 heteroatoms. The summed E-state index contributed by atoms with van der Waals surface area (Å²) in [6.45, 7) is 0. The molecule has 0 atom stereocenters. The maximum atomic E-state index is 13.6. The molecule has 7 nitrogen and oxygen atoms in total. The van der Waals surface area contributed by atoms with Gasteiger partial charge in [-0.05, 0) is 35.4 Å². The highest BCUT2D eigenvalue weighted by Gasteiger charge is 2.30. The summed E-state index contributed by atoms with van der Waals surface area (Å²) in [5.41, 5.74) is 1.11. The van der Waals surface area contributed by atoms with Crippen LogP contribution in [0.2, 0.25) is 0 Å². The molecule has 0 amide bonds. The van der Waals surface area contributed by atoms with Crippen LogP contribution in [0.1, 0.15) is 37.4 Å². The highest BCUT2D eigenvalue weighted by Crippen LogP contribution is 2.34. The number of esters is 2. The molecule has 0 aliphatic rings. The van der Waals surface area contributed by atoms with Crippen LogP contribution in [0, 0.1) is 11.6 Å².